The molecular formula is C15H22N4O. The zero-order valence-corrected chi connectivity index (χ0v) is 12.5. The second-order valence-electron chi connectivity index (χ2n) is 5.14. The Balaban J connectivity index is 2.35. The molecule has 1 aromatic carbocycles. The van der Waals surface area contributed by atoms with Crippen molar-refractivity contribution in [2.24, 2.45) is 7.05 Å². The summed E-state index contributed by atoms with van der Waals surface area (Å²) in [6.07, 6.45) is 0. The van der Waals surface area contributed by atoms with Crippen molar-refractivity contribution < 1.29 is 4.74 Å². The van der Waals surface area contributed by atoms with E-state index in [1.165, 1.54) is 0 Å². The molecule has 20 heavy (non-hydrogen) atoms. The summed E-state index contributed by atoms with van der Waals surface area (Å²) in [5, 5.41) is 7.84. The van der Waals surface area contributed by atoms with E-state index in [0.29, 0.717) is 18.2 Å². The third-order valence-electron chi connectivity index (χ3n) is 3.23. The monoisotopic (exact) mass is 274 g/mol. The normalized spacial score (nSPS) is 11.1. The number of methoxy groups -OCH3 is 1. The van der Waals surface area contributed by atoms with Gasteiger partial charge in [0.05, 0.1) is 18.0 Å². The van der Waals surface area contributed by atoms with Crippen LogP contribution < -0.4 is 11.1 Å². The summed E-state index contributed by atoms with van der Waals surface area (Å²) in [5.41, 5.74) is 9.89. The zero-order chi connectivity index (χ0) is 14.7. The molecule has 0 saturated heterocycles. The molecule has 0 aliphatic carbocycles. The van der Waals surface area contributed by atoms with Gasteiger partial charge in [0.2, 0.25) is 0 Å². The summed E-state index contributed by atoms with van der Waals surface area (Å²) in [5.74, 6) is 1.11. The van der Waals surface area contributed by atoms with E-state index in [4.69, 9.17) is 10.5 Å². The fraction of sp³-hybridized carbons (Fsp3) is 0.400. The Hall–Kier alpha value is -2.01. The highest BCUT2D eigenvalue weighted by Gasteiger charge is 2.16. The number of aromatic nitrogens is 2. The molecule has 1 aromatic heterocycles. The number of anilines is 3. The fourth-order valence-corrected chi connectivity index (χ4v) is 2.19. The molecule has 108 valence electrons. The van der Waals surface area contributed by atoms with Crippen molar-refractivity contribution in [1.29, 1.82) is 0 Å². The SMILES string of the molecule is COCc1ccccc1Nc1c(N)c(C(C)C)nn1C. The van der Waals surface area contributed by atoms with Gasteiger partial charge in [-0.2, -0.15) is 5.10 Å². The van der Waals surface area contributed by atoms with Crippen LogP contribution in [0, 0.1) is 0 Å². The first-order valence-corrected chi connectivity index (χ1v) is 6.70. The molecule has 0 amide bonds. The highest BCUT2D eigenvalue weighted by Crippen LogP contribution is 2.31. The number of hydrogen-bond donors (Lipinski definition) is 2. The van der Waals surface area contributed by atoms with Crippen LogP contribution in [0.25, 0.3) is 0 Å². The smallest absolute Gasteiger partial charge is 0.152 e. The summed E-state index contributed by atoms with van der Waals surface area (Å²) in [7, 11) is 3.58. The molecule has 0 spiro atoms. The van der Waals surface area contributed by atoms with E-state index < -0.39 is 0 Å². The van der Waals surface area contributed by atoms with Crippen molar-refractivity contribution in [2.75, 3.05) is 18.2 Å². The van der Waals surface area contributed by atoms with Crippen molar-refractivity contribution >= 4 is 17.2 Å². The number of nitrogens with zero attached hydrogens (tertiary/aromatic N) is 2. The minimum atomic E-state index is 0.297. The second-order valence-corrected chi connectivity index (χ2v) is 5.14. The van der Waals surface area contributed by atoms with Crippen molar-refractivity contribution in [3.05, 3.63) is 35.5 Å². The number of benzene rings is 1. The number of aryl methyl sites for hydroxylation is 1. The Labute approximate surface area is 119 Å². The maximum atomic E-state index is 6.20. The van der Waals surface area contributed by atoms with Crippen molar-refractivity contribution in [3.63, 3.8) is 0 Å². The molecule has 0 atom stereocenters. The summed E-state index contributed by atoms with van der Waals surface area (Å²) in [6, 6.07) is 8.01. The van der Waals surface area contributed by atoms with Gasteiger partial charge in [0, 0.05) is 25.4 Å². The van der Waals surface area contributed by atoms with E-state index in [1.54, 1.807) is 11.8 Å². The predicted molar refractivity (Wildman–Crippen MR) is 82.1 cm³/mol. The van der Waals surface area contributed by atoms with Crippen LogP contribution in [0.5, 0.6) is 0 Å². The Kier molecular flexibility index (Phi) is 4.29. The van der Waals surface area contributed by atoms with E-state index in [9.17, 15) is 0 Å². The van der Waals surface area contributed by atoms with E-state index >= 15 is 0 Å². The van der Waals surface area contributed by atoms with E-state index in [-0.39, 0.29) is 0 Å². The maximum Gasteiger partial charge on any atom is 0.152 e. The third kappa shape index (κ3) is 2.77. The van der Waals surface area contributed by atoms with Gasteiger partial charge in [-0.25, -0.2) is 0 Å². The minimum absolute atomic E-state index is 0.297. The molecule has 0 bridgehead atoms. The summed E-state index contributed by atoms with van der Waals surface area (Å²) in [4.78, 5) is 0. The Bertz CT molecular complexity index is 590. The van der Waals surface area contributed by atoms with Crippen LogP contribution in [0.4, 0.5) is 17.2 Å². The third-order valence-corrected chi connectivity index (χ3v) is 3.23. The van der Waals surface area contributed by atoms with Crippen molar-refractivity contribution in [2.45, 2.75) is 26.4 Å². The van der Waals surface area contributed by atoms with Gasteiger partial charge in [-0.1, -0.05) is 32.0 Å². The molecule has 5 heteroatoms. The summed E-state index contributed by atoms with van der Waals surface area (Å²) < 4.78 is 7.00. The quantitative estimate of drug-likeness (QED) is 0.879. The van der Waals surface area contributed by atoms with E-state index in [0.717, 1.165) is 22.8 Å². The summed E-state index contributed by atoms with van der Waals surface area (Å²) in [6.45, 7) is 4.72. The molecule has 3 N–H and O–H groups in total. The predicted octanol–water partition coefficient (Wildman–Crippen LogP) is 3.02. The average molecular weight is 274 g/mol. The first-order valence-electron chi connectivity index (χ1n) is 6.70. The Morgan fingerprint density at radius 2 is 2.05 bits per heavy atom. The molecule has 2 aromatic rings. The number of para-hydroxylation sites is 1. The molecule has 0 unspecified atom stereocenters. The first-order chi connectivity index (χ1) is 9.54. The molecule has 0 fully saturated rings. The van der Waals surface area contributed by atoms with E-state index in [2.05, 4.69) is 24.3 Å². The number of nitrogens with one attached hydrogen (secondary N) is 1. The molecule has 0 aliphatic heterocycles. The maximum absolute atomic E-state index is 6.20. The highest BCUT2D eigenvalue weighted by atomic mass is 16.5. The van der Waals surface area contributed by atoms with Crippen molar-refractivity contribution in [3.8, 4) is 0 Å². The van der Waals surface area contributed by atoms with Crippen LogP contribution in [0.15, 0.2) is 24.3 Å². The van der Waals surface area contributed by atoms with Gasteiger partial charge in [0.25, 0.3) is 0 Å². The Morgan fingerprint density at radius 3 is 2.65 bits per heavy atom. The number of ether oxygens (including phenoxy) is 1. The van der Waals surface area contributed by atoms with Gasteiger partial charge in [0.1, 0.15) is 0 Å². The second kappa shape index (κ2) is 5.96. The zero-order valence-electron chi connectivity index (χ0n) is 12.5. The van der Waals surface area contributed by atoms with Crippen LogP contribution in [-0.2, 0) is 18.4 Å². The first kappa shape index (κ1) is 14.4. The number of hydrogen-bond acceptors (Lipinski definition) is 4. The molecule has 5 nitrogen and oxygen atoms in total. The minimum Gasteiger partial charge on any atom is -0.394 e. The molecule has 0 aliphatic rings. The molecular weight excluding hydrogens is 252 g/mol. The molecule has 1 heterocycles. The van der Waals surface area contributed by atoms with E-state index in [1.807, 2.05) is 31.3 Å². The number of nitrogens with two attached hydrogens (primary N) is 1. The van der Waals surface area contributed by atoms with Gasteiger partial charge in [-0.05, 0) is 12.0 Å². The van der Waals surface area contributed by atoms with Gasteiger partial charge in [-0.15, -0.1) is 0 Å². The van der Waals surface area contributed by atoms with Gasteiger partial charge < -0.3 is 15.8 Å². The van der Waals surface area contributed by atoms with Crippen LogP contribution in [0.1, 0.15) is 31.0 Å². The van der Waals surface area contributed by atoms with Crippen LogP contribution in [-0.4, -0.2) is 16.9 Å². The van der Waals surface area contributed by atoms with Crippen LogP contribution in [0.2, 0.25) is 0 Å². The largest absolute Gasteiger partial charge is 0.394 e. The topological polar surface area (TPSA) is 65.1 Å². The lowest BCUT2D eigenvalue weighted by Crippen LogP contribution is -2.04. The molecule has 0 saturated carbocycles. The molecule has 2 rings (SSSR count). The van der Waals surface area contributed by atoms with Gasteiger partial charge in [0.15, 0.2) is 5.82 Å². The fourth-order valence-electron chi connectivity index (χ4n) is 2.19. The lowest BCUT2D eigenvalue weighted by atomic mass is 10.1. The van der Waals surface area contributed by atoms with Crippen molar-refractivity contribution in [1.82, 2.24) is 9.78 Å². The molecule has 0 radical (unpaired) electrons. The van der Waals surface area contributed by atoms with Gasteiger partial charge >= 0.3 is 0 Å². The highest BCUT2D eigenvalue weighted by molar-refractivity contribution is 5.73. The lowest BCUT2D eigenvalue weighted by Gasteiger charge is -2.12. The van der Waals surface area contributed by atoms with Gasteiger partial charge in [-0.3, -0.25) is 4.68 Å². The standard InChI is InChI=1S/C15H22N4O/c1-10(2)14-13(16)15(19(3)18-14)17-12-8-6-5-7-11(12)9-20-4/h5-8,10,17H,9,16H2,1-4H3. The number of rotatable bonds is 5. The van der Waals surface area contributed by atoms with Crippen LogP contribution in [0.3, 0.4) is 0 Å². The number of nitrogen functional groups attached to an aromatic ring is 1. The summed E-state index contributed by atoms with van der Waals surface area (Å²) >= 11 is 0. The Morgan fingerprint density at radius 1 is 1.35 bits per heavy atom. The van der Waals surface area contributed by atoms with Crippen LogP contribution >= 0.6 is 0 Å². The average Bonchev–Trinajstić information content (AvgIpc) is 2.69. The lowest BCUT2D eigenvalue weighted by molar-refractivity contribution is 0.185.